The van der Waals surface area contributed by atoms with Gasteiger partial charge in [-0.15, -0.1) is 0 Å². The van der Waals surface area contributed by atoms with Gasteiger partial charge in [-0.25, -0.2) is 4.79 Å². The fraction of sp³-hybridized carbons (Fsp3) is 0.333. The predicted octanol–water partition coefficient (Wildman–Crippen LogP) is 2.86. The van der Waals surface area contributed by atoms with Gasteiger partial charge in [0.2, 0.25) is 0 Å². The molecule has 3 N–H and O–H groups in total. The van der Waals surface area contributed by atoms with Crippen molar-refractivity contribution in [3.63, 3.8) is 0 Å². The van der Waals surface area contributed by atoms with E-state index in [2.05, 4.69) is 5.32 Å². The number of benzene rings is 1. The van der Waals surface area contributed by atoms with Crippen molar-refractivity contribution in [2.24, 2.45) is 5.73 Å². The zero-order valence-corrected chi connectivity index (χ0v) is 12.8. The molecule has 0 bridgehead atoms. The van der Waals surface area contributed by atoms with Gasteiger partial charge < -0.3 is 15.8 Å². The molecule has 1 aromatic carbocycles. The van der Waals surface area contributed by atoms with E-state index in [0.29, 0.717) is 11.5 Å². The standard InChI is InChI=1S/C15H20N2O2S/c1-15(2,3)19-14(18)17-10-6-8-11-7-4-5-9-12(11)13(16)20/h4-9H,10H2,1-3H3,(H2,16,20)(H,17,18). The molecule has 0 unspecified atom stereocenters. The molecule has 0 spiro atoms. The molecule has 1 amide bonds. The number of hydrogen-bond acceptors (Lipinski definition) is 3. The van der Waals surface area contributed by atoms with Crippen LogP contribution in [0.25, 0.3) is 6.08 Å². The summed E-state index contributed by atoms with van der Waals surface area (Å²) >= 11 is 4.98. The Hall–Kier alpha value is -1.88. The van der Waals surface area contributed by atoms with Gasteiger partial charge >= 0.3 is 6.09 Å². The Balaban J connectivity index is 2.54. The highest BCUT2D eigenvalue weighted by atomic mass is 32.1. The predicted molar refractivity (Wildman–Crippen MR) is 85.6 cm³/mol. The summed E-state index contributed by atoms with van der Waals surface area (Å²) in [6.45, 7) is 5.84. The normalized spacial score (nSPS) is 11.3. The van der Waals surface area contributed by atoms with Crippen LogP contribution in [0.4, 0.5) is 4.79 Å². The van der Waals surface area contributed by atoms with Crippen molar-refractivity contribution in [2.45, 2.75) is 26.4 Å². The maximum atomic E-state index is 11.4. The maximum Gasteiger partial charge on any atom is 0.407 e. The summed E-state index contributed by atoms with van der Waals surface area (Å²) in [5.74, 6) is 0. The molecule has 0 heterocycles. The Kier molecular flexibility index (Phi) is 5.70. The third kappa shape index (κ3) is 5.84. The number of ether oxygens (including phenoxy) is 1. The quantitative estimate of drug-likeness (QED) is 0.838. The third-order valence-corrected chi connectivity index (χ3v) is 2.51. The first-order valence-corrected chi connectivity index (χ1v) is 6.72. The zero-order chi connectivity index (χ0) is 15.2. The molecular weight excluding hydrogens is 272 g/mol. The number of rotatable bonds is 4. The van der Waals surface area contributed by atoms with Crippen molar-refractivity contribution < 1.29 is 9.53 Å². The average Bonchev–Trinajstić information content (AvgIpc) is 2.33. The summed E-state index contributed by atoms with van der Waals surface area (Å²) < 4.78 is 5.13. The molecule has 0 aliphatic carbocycles. The second-order valence-electron chi connectivity index (χ2n) is 5.24. The summed E-state index contributed by atoms with van der Waals surface area (Å²) in [7, 11) is 0. The molecule has 108 valence electrons. The van der Waals surface area contributed by atoms with Crippen molar-refractivity contribution in [1.29, 1.82) is 0 Å². The van der Waals surface area contributed by atoms with Crippen molar-refractivity contribution in [1.82, 2.24) is 5.32 Å². The lowest BCUT2D eigenvalue weighted by Gasteiger charge is -2.19. The monoisotopic (exact) mass is 292 g/mol. The summed E-state index contributed by atoms with van der Waals surface area (Å²) in [5.41, 5.74) is 6.89. The van der Waals surface area contributed by atoms with Gasteiger partial charge in [-0.1, -0.05) is 48.6 Å². The van der Waals surface area contributed by atoms with E-state index in [0.717, 1.165) is 11.1 Å². The molecule has 5 heteroatoms. The van der Waals surface area contributed by atoms with Crippen LogP contribution in [0.3, 0.4) is 0 Å². The van der Waals surface area contributed by atoms with Crippen LogP contribution in [0.15, 0.2) is 30.3 Å². The minimum absolute atomic E-state index is 0.352. The van der Waals surface area contributed by atoms with Crippen molar-refractivity contribution in [3.05, 3.63) is 41.5 Å². The van der Waals surface area contributed by atoms with Crippen LogP contribution in [0, 0.1) is 0 Å². The van der Waals surface area contributed by atoms with Gasteiger partial charge in [-0.2, -0.15) is 0 Å². The van der Waals surface area contributed by atoms with Gasteiger partial charge in [0.15, 0.2) is 0 Å². The third-order valence-electron chi connectivity index (χ3n) is 2.29. The smallest absolute Gasteiger partial charge is 0.407 e. The summed E-state index contributed by atoms with van der Waals surface area (Å²) in [6.07, 6.45) is 3.25. The lowest BCUT2D eigenvalue weighted by atomic mass is 10.1. The van der Waals surface area contributed by atoms with Crippen LogP contribution in [0.2, 0.25) is 0 Å². The molecule has 0 radical (unpaired) electrons. The molecule has 4 nitrogen and oxygen atoms in total. The van der Waals surface area contributed by atoms with Crippen molar-refractivity contribution in [2.75, 3.05) is 6.54 Å². The first-order valence-electron chi connectivity index (χ1n) is 6.32. The van der Waals surface area contributed by atoms with Crippen LogP contribution < -0.4 is 11.1 Å². The molecule has 1 rings (SSSR count). The topological polar surface area (TPSA) is 64.3 Å². The molecule has 1 aromatic rings. The Morgan fingerprint density at radius 1 is 1.40 bits per heavy atom. The van der Waals surface area contributed by atoms with Crippen LogP contribution in [-0.2, 0) is 4.74 Å². The van der Waals surface area contributed by atoms with E-state index < -0.39 is 11.7 Å². The Morgan fingerprint density at radius 2 is 2.05 bits per heavy atom. The van der Waals surface area contributed by atoms with E-state index in [1.807, 2.05) is 57.2 Å². The zero-order valence-electron chi connectivity index (χ0n) is 12.0. The Morgan fingerprint density at radius 3 is 2.65 bits per heavy atom. The molecular formula is C15H20N2O2S. The van der Waals surface area contributed by atoms with Gasteiger partial charge in [0.05, 0.1) is 0 Å². The largest absolute Gasteiger partial charge is 0.444 e. The fourth-order valence-corrected chi connectivity index (χ4v) is 1.69. The first kappa shape index (κ1) is 16.2. The van der Waals surface area contributed by atoms with E-state index in [9.17, 15) is 4.79 Å². The summed E-state index contributed by atoms with van der Waals surface area (Å²) in [5, 5.41) is 2.65. The molecule has 0 saturated heterocycles. The van der Waals surface area contributed by atoms with Gasteiger partial charge in [0, 0.05) is 12.1 Å². The maximum absolute atomic E-state index is 11.4. The lowest BCUT2D eigenvalue weighted by Crippen LogP contribution is -2.32. The molecule has 0 fully saturated rings. The molecule has 0 aliphatic heterocycles. The summed E-state index contributed by atoms with van der Waals surface area (Å²) in [6, 6.07) is 7.56. The minimum Gasteiger partial charge on any atom is -0.444 e. The van der Waals surface area contributed by atoms with Gasteiger partial charge in [-0.05, 0) is 26.3 Å². The number of amides is 1. The van der Waals surface area contributed by atoms with Crippen LogP contribution in [0.1, 0.15) is 31.9 Å². The first-order chi connectivity index (χ1) is 9.29. The van der Waals surface area contributed by atoms with E-state index in [4.69, 9.17) is 22.7 Å². The number of nitrogens with one attached hydrogen (secondary N) is 1. The van der Waals surface area contributed by atoms with Gasteiger partial charge in [-0.3, -0.25) is 0 Å². The Bertz CT molecular complexity index is 519. The Labute approximate surface area is 125 Å². The molecule has 0 atom stereocenters. The second-order valence-corrected chi connectivity index (χ2v) is 5.68. The number of thiocarbonyl (C=S) groups is 1. The van der Waals surface area contributed by atoms with E-state index in [-0.39, 0.29) is 0 Å². The van der Waals surface area contributed by atoms with Crippen LogP contribution in [0.5, 0.6) is 0 Å². The molecule has 0 saturated carbocycles. The molecule has 20 heavy (non-hydrogen) atoms. The molecule has 0 aromatic heterocycles. The number of hydrogen-bond donors (Lipinski definition) is 2. The van der Waals surface area contributed by atoms with Gasteiger partial charge in [0.25, 0.3) is 0 Å². The fourth-order valence-electron chi connectivity index (χ4n) is 1.51. The van der Waals surface area contributed by atoms with Crippen molar-refractivity contribution in [3.8, 4) is 0 Å². The highest BCUT2D eigenvalue weighted by Crippen LogP contribution is 2.10. The number of carbonyl (C=O) groups excluding carboxylic acids is 1. The highest BCUT2D eigenvalue weighted by molar-refractivity contribution is 7.80. The average molecular weight is 292 g/mol. The van der Waals surface area contributed by atoms with Crippen LogP contribution >= 0.6 is 12.2 Å². The van der Waals surface area contributed by atoms with Crippen molar-refractivity contribution >= 4 is 29.4 Å². The molecule has 0 aliphatic rings. The second kappa shape index (κ2) is 7.05. The van der Waals surface area contributed by atoms with Gasteiger partial charge in [0.1, 0.15) is 10.6 Å². The van der Waals surface area contributed by atoms with E-state index in [1.165, 1.54) is 0 Å². The number of carbonyl (C=O) groups is 1. The highest BCUT2D eigenvalue weighted by Gasteiger charge is 2.14. The SMILES string of the molecule is CC(C)(C)OC(=O)NCC=Cc1ccccc1C(N)=S. The number of nitrogens with two attached hydrogens (primary N) is 1. The van der Waals surface area contributed by atoms with E-state index in [1.54, 1.807) is 0 Å². The summed E-state index contributed by atoms with van der Waals surface area (Å²) in [4.78, 5) is 11.8. The minimum atomic E-state index is -0.494. The lowest BCUT2D eigenvalue weighted by molar-refractivity contribution is 0.0534. The van der Waals surface area contributed by atoms with Crippen LogP contribution in [-0.4, -0.2) is 23.2 Å². The van der Waals surface area contributed by atoms with E-state index >= 15 is 0 Å². The number of alkyl carbamates (subject to hydrolysis) is 1.